The van der Waals surface area contributed by atoms with Gasteiger partial charge in [-0.25, -0.2) is 0 Å². The number of anilines is 1. The van der Waals surface area contributed by atoms with E-state index in [2.05, 4.69) is 10.2 Å². The molecule has 1 aromatic carbocycles. The average Bonchev–Trinajstić information content (AvgIpc) is 3.37. The van der Waals surface area contributed by atoms with Gasteiger partial charge in [0, 0.05) is 5.92 Å². The molecule has 8 heteroatoms. The minimum absolute atomic E-state index is 0.0308. The maximum Gasteiger partial charge on any atom is 0.296 e. The average molecular weight is 440 g/mol. The largest absolute Gasteiger partial charge is 0.497 e. The van der Waals surface area contributed by atoms with Crippen LogP contribution in [0.2, 0.25) is 0 Å². The number of hydrogen-bond donors (Lipinski definition) is 0. The van der Waals surface area contributed by atoms with Crippen LogP contribution in [0.5, 0.6) is 5.75 Å². The van der Waals surface area contributed by atoms with E-state index in [9.17, 15) is 9.59 Å². The van der Waals surface area contributed by atoms with Crippen molar-refractivity contribution in [2.75, 3.05) is 12.0 Å². The van der Waals surface area contributed by atoms with Crippen molar-refractivity contribution in [1.82, 2.24) is 10.2 Å². The van der Waals surface area contributed by atoms with Crippen molar-refractivity contribution in [3.63, 3.8) is 0 Å². The lowest BCUT2D eigenvalue weighted by Gasteiger charge is -2.35. The summed E-state index contributed by atoms with van der Waals surface area (Å²) in [7, 11) is 1.60. The maximum atomic E-state index is 13.6. The summed E-state index contributed by atoms with van der Waals surface area (Å²) < 4.78 is 11.6. The number of fused-ring (bicyclic) bond motifs is 1. The van der Waals surface area contributed by atoms with E-state index in [-0.39, 0.29) is 35.4 Å². The second-order valence-electron chi connectivity index (χ2n) is 8.59. The van der Waals surface area contributed by atoms with Crippen molar-refractivity contribution in [2.45, 2.75) is 57.6 Å². The van der Waals surface area contributed by atoms with E-state index in [1.165, 1.54) is 11.3 Å². The van der Waals surface area contributed by atoms with Crippen LogP contribution in [0.3, 0.4) is 0 Å². The van der Waals surface area contributed by atoms with Gasteiger partial charge in [-0.2, -0.15) is 0 Å². The third-order valence-corrected chi connectivity index (χ3v) is 7.53. The van der Waals surface area contributed by atoms with Crippen molar-refractivity contribution in [3.05, 3.63) is 46.2 Å². The van der Waals surface area contributed by atoms with E-state index < -0.39 is 6.04 Å². The molecule has 0 saturated heterocycles. The molecule has 0 N–H and O–H groups in total. The van der Waals surface area contributed by atoms with E-state index in [1.54, 1.807) is 12.0 Å². The summed E-state index contributed by atoms with van der Waals surface area (Å²) in [5.74, 6) is 0.576. The summed E-state index contributed by atoms with van der Waals surface area (Å²) in [6, 6.07) is 6.89. The van der Waals surface area contributed by atoms with E-state index >= 15 is 0 Å². The highest BCUT2D eigenvalue weighted by atomic mass is 32.1. The molecule has 3 heterocycles. The van der Waals surface area contributed by atoms with Gasteiger partial charge in [0.15, 0.2) is 11.5 Å². The molecule has 1 saturated carbocycles. The normalized spacial score (nSPS) is 25.5. The molecule has 5 rings (SSSR count). The molecule has 1 aliphatic carbocycles. The van der Waals surface area contributed by atoms with E-state index in [1.807, 2.05) is 38.1 Å². The third kappa shape index (κ3) is 3.24. The zero-order chi connectivity index (χ0) is 21.7. The van der Waals surface area contributed by atoms with Crippen LogP contribution in [0.25, 0.3) is 0 Å². The number of ketones is 1. The summed E-state index contributed by atoms with van der Waals surface area (Å²) in [5.41, 5.74) is 1.24. The van der Waals surface area contributed by atoms with Gasteiger partial charge in [-0.05, 0) is 37.0 Å². The molecule has 1 fully saturated rings. The molecule has 0 bridgehead atoms. The molecule has 3 atom stereocenters. The zero-order valence-electron chi connectivity index (χ0n) is 17.8. The number of carbonyl (C=O) groups is 2. The van der Waals surface area contributed by atoms with Crippen molar-refractivity contribution in [1.29, 1.82) is 0 Å². The molecule has 31 heavy (non-hydrogen) atoms. The summed E-state index contributed by atoms with van der Waals surface area (Å²) in [6.07, 6.45) is 3.42. The second kappa shape index (κ2) is 7.75. The fraction of sp³-hybridized carbons (Fsp3) is 0.478. The van der Waals surface area contributed by atoms with Crippen molar-refractivity contribution in [2.24, 2.45) is 5.92 Å². The lowest BCUT2D eigenvalue weighted by Crippen LogP contribution is -2.39. The highest BCUT2D eigenvalue weighted by molar-refractivity contribution is 7.15. The number of rotatable bonds is 4. The predicted octanol–water partition coefficient (Wildman–Crippen LogP) is 4.17. The fourth-order valence-electron chi connectivity index (χ4n) is 4.73. The molecule has 1 aromatic heterocycles. The molecule has 1 amide bonds. The Morgan fingerprint density at radius 1 is 1.19 bits per heavy atom. The first-order valence-corrected chi connectivity index (χ1v) is 11.6. The number of benzene rings is 1. The van der Waals surface area contributed by atoms with Gasteiger partial charge in [0.05, 0.1) is 24.6 Å². The minimum Gasteiger partial charge on any atom is -0.497 e. The Morgan fingerprint density at radius 2 is 2.00 bits per heavy atom. The van der Waals surface area contributed by atoms with Crippen molar-refractivity contribution < 1.29 is 19.1 Å². The Labute approximate surface area is 185 Å². The predicted molar refractivity (Wildman–Crippen MR) is 116 cm³/mol. The first-order valence-electron chi connectivity index (χ1n) is 10.8. The molecule has 2 aromatic rings. The summed E-state index contributed by atoms with van der Waals surface area (Å²) >= 11 is 1.38. The SMILES string of the molecule is COc1cccc(C2C3=C(OC4CCCCC4C3=O)C(=O)N2c2nnc(C(C)C)s2)c1. The number of methoxy groups -OCH3 is 1. The molecule has 3 aliphatic rings. The molecule has 0 spiro atoms. The molecule has 162 valence electrons. The molecule has 0 radical (unpaired) electrons. The lowest BCUT2D eigenvalue weighted by molar-refractivity contribution is -0.131. The molecule has 2 aliphatic heterocycles. The van der Waals surface area contributed by atoms with Crippen LogP contribution in [0, 0.1) is 5.92 Å². The van der Waals surface area contributed by atoms with Crippen molar-refractivity contribution >= 4 is 28.2 Å². The van der Waals surface area contributed by atoms with E-state index in [4.69, 9.17) is 9.47 Å². The van der Waals surface area contributed by atoms with Crippen LogP contribution in [0.4, 0.5) is 5.13 Å². The summed E-state index contributed by atoms with van der Waals surface area (Å²) in [6.45, 7) is 4.08. The number of hydrogen-bond acceptors (Lipinski definition) is 7. The van der Waals surface area contributed by atoms with Gasteiger partial charge < -0.3 is 9.47 Å². The number of Topliss-reactive ketones (excluding diaryl/α,β-unsaturated/α-hetero) is 1. The van der Waals surface area contributed by atoms with Crippen LogP contribution in [0.1, 0.15) is 62.1 Å². The highest BCUT2D eigenvalue weighted by Crippen LogP contribution is 2.49. The van der Waals surface area contributed by atoms with Gasteiger partial charge in [-0.3, -0.25) is 14.5 Å². The Balaban J connectivity index is 1.64. The molecular formula is C23H25N3O4S. The lowest BCUT2D eigenvalue weighted by atomic mass is 9.77. The van der Waals surface area contributed by atoms with Gasteiger partial charge >= 0.3 is 0 Å². The Bertz CT molecular complexity index is 1080. The smallest absolute Gasteiger partial charge is 0.296 e. The van der Waals surface area contributed by atoms with Crippen LogP contribution < -0.4 is 9.64 Å². The first kappa shape index (κ1) is 20.2. The Kier molecular flexibility index (Phi) is 5.04. The minimum atomic E-state index is -0.596. The Hall–Kier alpha value is -2.74. The van der Waals surface area contributed by atoms with Gasteiger partial charge in [0.1, 0.15) is 16.9 Å². The summed E-state index contributed by atoms with van der Waals surface area (Å²) in [5, 5.41) is 9.91. The number of aromatic nitrogens is 2. The van der Waals surface area contributed by atoms with Gasteiger partial charge in [-0.1, -0.05) is 43.7 Å². The van der Waals surface area contributed by atoms with Crippen LogP contribution in [-0.4, -0.2) is 35.1 Å². The Morgan fingerprint density at radius 3 is 2.74 bits per heavy atom. The first-order chi connectivity index (χ1) is 15.0. The summed E-state index contributed by atoms with van der Waals surface area (Å²) in [4.78, 5) is 28.8. The third-order valence-electron chi connectivity index (χ3n) is 6.30. The maximum absolute atomic E-state index is 13.6. The topological polar surface area (TPSA) is 81.6 Å². The number of ether oxygens (including phenoxy) is 2. The second-order valence-corrected chi connectivity index (χ2v) is 9.57. The van der Waals surface area contributed by atoms with Gasteiger partial charge in [0.25, 0.3) is 5.91 Å². The van der Waals surface area contributed by atoms with Crippen LogP contribution >= 0.6 is 11.3 Å². The number of amides is 1. The molecular weight excluding hydrogens is 414 g/mol. The fourth-order valence-corrected chi connectivity index (χ4v) is 5.60. The number of carbonyl (C=O) groups excluding carboxylic acids is 2. The highest BCUT2D eigenvalue weighted by Gasteiger charge is 2.53. The number of nitrogens with zero attached hydrogens (tertiary/aromatic N) is 3. The van der Waals surface area contributed by atoms with E-state index in [0.29, 0.717) is 16.5 Å². The van der Waals surface area contributed by atoms with Crippen LogP contribution in [-0.2, 0) is 14.3 Å². The standard InChI is InChI=1S/C23H25N3O4S/c1-12(2)21-24-25-23(31-21)26-18(13-7-6-8-14(11-13)29-3)17-19(27)15-9-4-5-10-16(15)30-20(17)22(26)28/h6-8,11-12,15-16,18H,4-5,9-10H2,1-3H3. The molecule has 7 nitrogen and oxygen atoms in total. The van der Waals surface area contributed by atoms with Gasteiger partial charge in [-0.15, -0.1) is 10.2 Å². The quantitative estimate of drug-likeness (QED) is 0.711. The van der Waals surface area contributed by atoms with E-state index in [0.717, 1.165) is 36.3 Å². The monoisotopic (exact) mass is 439 g/mol. The van der Waals surface area contributed by atoms with Crippen molar-refractivity contribution in [3.8, 4) is 5.75 Å². The zero-order valence-corrected chi connectivity index (χ0v) is 18.6. The van der Waals surface area contributed by atoms with Gasteiger partial charge in [0.2, 0.25) is 5.13 Å². The molecule has 3 unspecified atom stereocenters. The van der Waals surface area contributed by atoms with Crippen LogP contribution in [0.15, 0.2) is 35.6 Å².